The molecule has 0 rings (SSSR count). The smallest absolute Gasteiger partial charge is 0.0805 e. The van der Waals surface area contributed by atoms with E-state index in [-0.39, 0.29) is 5.54 Å². The number of unbranched alkanes of at least 4 members (excludes halogenated alkanes) is 3. The molecule has 0 heterocycles. The van der Waals surface area contributed by atoms with Gasteiger partial charge in [-0.1, -0.05) is 40.0 Å². The summed E-state index contributed by atoms with van der Waals surface area (Å²) in [6.45, 7) is 16.2. The fraction of sp³-hybridized carbons (Fsp3) is 1.00. The summed E-state index contributed by atoms with van der Waals surface area (Å²) in [6, 6.07) is 0. The third-order valence-corrected chi connectivity index (χ3v) is 5.53. The Morgan fingerprint density at radius 1 is 0.762 bits per heavy atom. The Bertz CT molecular complexity index is 233. The van der Waals surface area contributed by atoms with E-state index >= 15 is 0 Å². The first kappa shape index (κ1) is 21.5. The van der Waals surface area contributed by atoms with Gasteiger partial charge in [0.05, 0.1) is 31.7 Å². The quantitative estimate of drug-likeness (QED) is 0.294. The van der Waals surface area contributed by atoms with Crippen LogP contribution in [0.25, 0.3) is 0 Å². The SMILES string of the molecule is CCCC[N+](CCCC)(CCCC)CCC(C)(C)N(Cl)Cl. The van der Waals surface area contributed by atoms with Gasteiger partial charge in [0.2, 0.25) is 0 Å². The Hall–Kier alpha value is 0.500. The van der Waals surface area contributed by atoms with Crippen LogP contribution in [-0.4, -0.2) is 40.1 Å². The zero-order chi connectivity index (χ0) is 16.4. The van der Waals surface area contributed by atoms with Crippen molar-refractivity contribution >= 4 is 23.6 Å². The van der Waals surface area contributed by atoms with Gasteiger partial charge in [0, 0.05) is 6.42 Å². The van der Waals surface area contributed by atoms with Gasteiger partial charge >= 0.3 is 0 Å². The molecule has 0 saturated carbocycles. The van der Waals surface area contributed by atoms with Crippen LogP contribution in [0.3, 0.4) is 0 Å². The van der Waals surface area contributed by atoms with Gasteiger partial charge in [0.15, 0.2) is 0 Å². The third-order valence-electron chi connectivity index (χ3n) is 4.61. The van der Waals surface area contributed by atoms with Gasteiger partial charge in [0.25, 0.3) is 0 Å². The van der Waals surface area contributed by atoms with E-state index in [1.807, 2.05) is 0 Å². The van der Waals surface area contributed by atoms with Gasteiger partial charge in [-0.3, -0.25) is 0 Å². The van der Waals surface area contributed by atoms with Crippen LogP contribution in [0.1, 0.15) is 79.6 Å². The summed E-state index contributed by atoms with van der Waals surface area (Å²) in [4.78, 5) is 0. The van der Waals surface area contributed by atoms with Crippen LogP contribution in [0.4, 0.5) is 0 Å². The first-order valence-electron chi connectivity index (χ1n) is 8.80. The lowest BCUT2D eigenvalue weighted by molar-refractivity contribution is -0.929. The molecule has 2 nitrogen and oxygen atoms in total. The zero-order valence-corrected chi connectivity index (χ0v) is 16.4. The molecule has 0 aliphatic carbocycles. The highest BCUT2D eigenvalue weighted by molar-refractivity contribution is 6.34. The minimum atomic E-state index is -0.156. The minimum absolute atomic E-state index is 0.156. The minimum Gasteiger partial charge on any atom is -0.324 e. The molecule has 0 spiro atoms. The average Bonchev–Trinajstić information content (AvgIpc) is 2.45. The van der Waals surface area contributed by atoms with Crippen molar-refractivity contribution in [1.29, 1.82) is 0 Å². The molecule has 0 aliphatic rings. The van der Waals surface area contributed by atoms with Crippen molar-refractivity contribution < 1.29 is 4.48 Å². The molecule has 0 bridgehead atoms. The number of halogens is 2. The Balaban J connectivity index is 4.85. The average molecular weight is 340 g/mol. The summed E-state index contributed by atoms with van der Waals surface area (Å²) in [5, 5.41) is 0. The van der Waals surface area contributed by atoms with E-state index in [4.69, 9.17) is 23.6 Å². The standard InChI is InChI=1S/C17H37Cl2N2/c1-6-9-13-21(14-10-7-2,15-11-8-3)16-12-17(4,5)20(18)19/h6-16H2,1-5H3/q+1. The molecule has 0 saturated heterocycles. The van der Waals surface area contributed by atoms with Crippen molar-refractivity contribution in [2.24, 2.45) is 0 Å². The molecule has 0 atom stereocenters. The molecule has 0 amide bonds. The first-order chi connectivity index (χ1) is 9.83. The van der Waals surface area contributed by atoms with Gasteiger partial charge in [-0.25, -0.2) is 0 Å². The Labute approximate surface area is 143 Å². The van der Waals surface area contributed by atoms with E-state index in [0.717, 1.165) is 6.42 Å². The molecule has 0 aromatic carbocycles. The summed E-state index contributed by atoms with van der Waals surface area (Å²) >= 11 is 12.0. The van der Waals surface area contributed by atoms with E-state index < -0.39 is 0 Å². The molecule has 4 heteroatoms. The lowest BCUT2D eigenvalue weighted by Gasteiger charge is -2.41. The van der Waals surface area contributed by atoms with Crippen molar-refractivity contribution in [2.75, 3.05) is 26.2 Å². The summed E-state index contributed by atoms with van der Waals surface area (Å²) in [5.74, 6) is 0. The highest BCUT2D eigenvalue weighted by Gasteiger charge is 2.32. The second-order valence-electron chi connectivity index (χ2n) is 7.09. The van der Waals surface area contributed by atoms with Crippen molar-refractivity contribution in [3.05, 3.63) is 0 Å². The van der Waals surface area contributed by atoms with Crippen LogP contribution >= 0.6 is 23.6 Å². The van der Waals surface area contributed by atoms with Crippen molar-refractivity contribution in [1.82, 2.24) is 3.94 Å². The Morgan fingerprint density at radius 3 is 1.43 bits per heavy atom. The molecule has 0 aromatic heterocycles. The molecule has 0 radical (unpaired) electrons. The third kappa shape index (κ3) is 8.64. The lowest BCUT2D eigenvalue weighted by Crippen LogP contribution is -2.53. The zero-order valence-electron chi connectivity index (χ0n) is 14.9. The molecular formula is C17H37Cl2N2+. The number of rotatable bonds is 13. The number of hydrogen-bond acceptors (Lipinski definition) is 1. The summed E-state index contributed by atoms with van der Waals surface area (Å²) in [7, 11) is 0. The molecular weight excluding hydrogens is 303 g/mol. The summed E-state index contributed by atoms with van der Waals surface area (Å²) in [5.41, 5.74) is -0.156. The maximum absolute atomic E-state index is 6.00. The first-order valence-corrected chi connectivity index (χ1v) is 9.48. The summed E-state index contributed by atoms with van der Waals surface area (Å²) in [6.07, 6.45) is 8.82. The summed E-state index contributed by atoms with van der Waals surface area (Å²) < 4.78 is 2.59. The highest BCUT2D eigenvalue weighted by Crippen LogP contribution is 2.26. The van der Waals surface area contributed by atoms with E-state index in [1.165, 1.54) is 73.1 Å². The normalized spacial score (nSPS) is 13.1. The molecule has 128 valence electrons. The van der Waals surface area contributed by atoms with Gasteiger partial charge in [-0.2, -0.15) is 0 Å². The topological polar surface area (TPSA) is 3.24 Å². The van der Waals surface area contributed by atoms with Gasteiger partial charge in [0.1, 0.15) is 0 Å². The second kappa shape index (κ2) is 11.1. The maximum atomic E-state index is 6.00. The molecule has 0 unspecified atom stereocenters. The highest BCUT2D eigenvalue weighted by atomic mass is 35.5. The largest absolute Gasteiger partial charge is 0.324 e. The predicted octanol–water partition coefficient (Wildman–Crippen LogP) is 5.98. The van der Waals surface area contributed by atoms with Gasteiger partial charge in [-0.15, -0.1) is 3.94 Å². The van der Waals surface area contributed by atoms with E-state index in [9.17, 15) is 0 Å². The molecule has 0 fully saturated rings. The number of hydrogen-bond donors (Lipinski definition) is 0. The molecule has 0 N–H and O–H groups in total. The van der Waals surface area contributed by atoms with Crippen LogP contribution in [0.15, 0.2) is 0 Å². The van der Waals surface area contributed by atoms with Gasteiger partial charge in [-0.05, 0) is 56.7 Å². The maximum Gasteiger partial charge on any atom is 0.0805 e. The van der Waals surface area contributed by atoms with Gasteiger partial charge < -0.3 is 4.48 Å². The van der Waals surface area contributed by atoms with Crippen LogP contribution in [0.2, 0.25) is 0 Å². The van der Waals surface area contributed by atoms with Crippen LogP contribution < -0.4 is 0 Å². The van der Waals surface area contributed by atoms with E-state index in [1.54, 1.807) is 0 Å². The van der Waals surface area contributed by atoms with Crippen molar-refractivity contribution in [3.8, 4) is 0 Å². The second-order valence-corrected chi connectivity index (χ2v) is 7.94. The lowest BCUT2D eigenvalue weighted by atomic mass is 10.00. The Morgan fingerprint density at radius 2 is 1.14 bits per heavy atom. The van der Waals surface area contributed by atoms with Crippen LogP contribution in [0.5, 0.6) is 0 Å². The fourth-order valence-electron chi connectivity index (χ4n) is 2.75. The molecule has 0 aromatic rings. The Kier molecular flexibility index (Phi) is 11.4. The van der Waals surface area contributed by atoms with Crippen molar-refractivity contribution in [3.63, 3.8) is 0 Å². The molecule has 0 aliphatic heterocycles. The van der Waals surface area contributed by atoms with Crippen LogP contribution in [0, 0.1) is 0 Å². The monoisotopic (exact) mass is 339 g/mol. The fourth-order valence-corrected chi connectivity index (χ4v) is 2.92. The van der Waals surface area contributed by atoms with Crippen molar-refractivity contribution in [2.45, 2.75) is 85.1 Å². The number of nitrogens with zero attached hydrogens (tertiary/aromatic N) is 2. The number of quaternary nitrogens is 1. The molecule has 21 heavy (non-hydrogen) atoms. The van der Waals surface area contributed by atoms with E-state index in [2.05, 4.69) is 34.6 Å². The van der Waals surface area contributed by atoms with Crippen LogP contribution in [-0.2, 0) is 0 Å². The predicted molar refractivity (Wildman–Crippen MR) is 96.7 cm³/mol. The van der Waals surface area contributed by atoms with E-state index in [0.29, 0.717) is 0 Å².